The minimum atomic E-state index is 0.0172. The van der Waals surface area contributed by atoms with E-state index in [-0.39, 0.29) is 11.8 Å². The monoisotopic (exact) mass is 424 g/mol. The number of piperidine rings is 1. The van der Waals surface area contributed by atoms with Crippen LogP contribution in [0.1, 0.15) is 50.5 Å². The maximum Gasteiger partial charge on any atom is 0.228 e. The van der Waals surface area contributed by atoms with Gasteiger partial charge in [0.2, 0.25) is 17.7 Å². The number of aromatic nitrogens is 2. The summed E-state index contributed by atoms with van der Waals surface area (Å²) >= 11 is 0. The van der Waals surface area contributed by atoms with Crippen LogP contribution >= 0.6 is 0 Å². The maximum absolute atomic E-state index is 12.7. The van der Waals surface area contributed by atoms with E-state index in [2.05, 4.69) is 26.3 Å². The standard InChI is InChI=1S/C24H32N4O3/c1-30-22-10-13-25-24(27-22)28-14-11-19(12-15-28)23(29)26-17-18-6-5-9-21(16-18)31-20-7-3-2-4-8-20/h5-6,9-10,13,16,19-20H,2-4,7-8,11-12,14-15,17H2,1H3,(H,26,29). The Hall–Kier alpha value is -2.83. The summed E-state index contributed by atoms with van der Waals surface area (Å²) in [5, 5.41) is 3.11. The van der Waals surface area contributed by atoms with Gasteiger partial charge in [0.15, 0.2) is 0 Å². The smallest absolute Gasteiger partial charge is 0.228 e. The van der Waals surface area contributed by atoms with Crippen LogP contribution in [-0.4, -0.2) is 42.2 Å². The van der Waals surface area contributed by atoms with E-state index < -0.39 is 0 Å². The third-order valence-corrected chi connectivity index (χ3v) is 6.20. The van der Waals surface area contributed by atoms with Gasteiger partial charge in [0.1, 0.15) is 5.75 Å². The van der Waals surface area contributed by atoms with Gasteiger partial charge in [-0.05, 0) is 56.2 Å². The Bertz CT molecular complexity index is 861. The van der Waals surface area contributed by atoms with Gasteiger partial charge in [0.25, 0.3) is 0 Å². The fourth-order valence-electron chi connectivity index (χ4n) is 4.38. The lowest BCUT2D eigenvalue weighted by Gasteiger charge is -2.31. The molecule has 0 bridgehead atoms. The van der Waals surface area contributed by atoms with E-state index in [1.54, 1.807) is 19.4 Å². The second-order valence-corrected chi connectivity index (χ2v) is 8.40. The molecule has 1 aliphatic heterocycles. The molecule has 2 heterocycles. The van der Waals surface area contributed by atoms with Gasteiger partial charge >= 0.3 is 0 Å². The summed E-state index contributed by atoms with van der Waals surface area (Å²) in [6.07, 6.45) is 9.71. The number of hydrogen-bond donors (Lipinski definition) is 1. The van der Waals surface area contributed by atoms with E-state index in [1.807, 2.05) is 18.2 Å². The zero-order chi connectivity index (χ0) is 21.5. The van der Waals surface area contributed by atoms with Crippen LogP contribution in [0.15, 0.2) is 36.5 Å². The third kappa shape index (κ3) is 5.87. The lowest BCUT2D eigenvalue weighted by atomic mass is 9.96. The number of ether oxygens (including phenoxy) is 2. The number of rotatable bonds is 7. The van der Waals surface area contributed by atoms with E-state index >= 15 is 0 Å². The molecule has 1 aromatic carbocycles. The van der Waals surface area contributed by atoms with Gasteiger partial charge in [0, 0.05) is 37.8 Å². The Morgan fingerprint density at radius 2 is 1.94 bits per heavy atom. The van der Waals surface area contributed by atoms with Crippen LogP contribution in [0.4, 0.5) is 5.95 Å². The minimum Gasteiger partial charge on any atom is -0.490 e. The molecule has 1 amide bonds. The van der Waals surface area contributed by atoms with Crippen molar-refractivity contribution in [2.45, 2.75) is 57.6 Å². The Kier molecular flexibility index (Phi) is 7.22. The molecule has 1 N–H and O–H groups in total. The molecule has 2 fully saturated rings. The van der Waals surface area contributed by atoms with E-state index in [0.29, 0.717) is 24.5 Å². The summed E-state index contributed by atoms with van der Waals surface area (Å²) in [6, 6.07) is 9.84. The lowest BCUT2D eigenvalue weighted by molar-refractivity contribution is -0.125. The summed E-state index contributed by atoms with van der Waals surface area (Å²) in [7, 11) is 1.60. The van der Waals surface area contributed by atoms with Crippen LogP contribution in [-0.2, 0) is 11.3 Å². The Labute approximate surface area is 184 Å². The highest BCUT2D eigenvalue weighted by atomic mass is 16.5. The fourth-order valence-corrected chi connectivity index (χ4v) is 4.38. The van der Waals surface area contributed by atoms with Crippen molar-refractivity contribution in [2.24, 2.45) is 5.92 Å². The molecule has 4 rings (SSSR count). The quantitative estimate of drug-likeness (QED) is 0.730. The van der Waals surface area contributed by atoms with Crippen molar-refractivity contribution < 1.29 is 14.3 Å². The Morgan fingerprint density at radius 1 is 1.13 bits per heavy atom. The Morgan fingerprint density at radius 3 is 2.71 bits per heavy atom. The van der Waals surface area contributed by atoms with E-state index in [0.717, 1.165) is 50.1 Å². The van der Waals surface area contributed by atoms with E-state index in [1.165, 1.54) is 19.3 Å². The van der Waals surface area contributed by atoms with Crippen LogP contribution in [0.2, 0.25) is 0 Å². The van der Waals surface area contributed by atoms with Crippen molar-refractivity contribution in [3.8, 4) is 11.6 Å². The van der Waals surface area contributed by atoms with Crippen molar-refractivity contribution in [3.05, 3.63) is 42.1 Å². The summed E-state index contributed by atoms with van der Waals surface area (Å²) < 4.78 is 11.3. The number of benzene rings is 1. The van der Waals surface area contributed by atoms with Crippen LogP contribution in [0.5, 0.6) is 11.6 Å². The molecular formula is C24H32N4O3. The molecule has 2 aromatic rings. The summed E-state index contributed by atoms with van der Waals surface area (Å²) in [5.41, 5.74) is 1.07. The number of nitrogens with zero attached hydrogens (tertiary/aromatic N) is 3. The molecule has 1 aromatic heterocycles. The predicted octanol–water partition coefficient (Wildman–Crippen LogP) is 3.73. The molecule has 166 valence electrons. The first-order chi connectivity index (χ1) is 15.2. The van der Waals surface area contributed by atoms with Gasteiger partial charge in [-0.2, -0.15) is 4.98 Å². The van der Waals surface area contributed by atoms with Gasteiger partial charge in [-0.25, -0.2) is 4.98 Å². The maximum atomic E-state index is 12.7. The third-order valence-electron chi connectivity index (χ3n) is 6.20. The number of methoxy groups -OCH3 is 1. The molecular weight excluding hydrogens is 392 g/mol. The second kappa shape index (κ2) is 10.5. The number of amides is 1. The molecule has 2 aliphatic rings. The second-order valence-electron chi connectivity index (χ2n) is 8.40. The minimum absolute atomic E-state index is 0.0172. The van der Waals surface area contributed by atoms with Gasteiger partial charge in [-0.15, -0.1) is 0 Å². The summed E-state index contributed by atoms with van der Waals surface area (Å²) in [6.45, 7) is 2.05. The molecule has 7 nitrogen and oxygen atoms in total. The number of carbonyl (C=O) groups excluding carboxylic acids is 1. The average Bonchev–Trinajstić information content (AvgIpc) is 2.83. The molecule has 1 aliphatic carbocycles. The lowest BCUT2D eigenvalue weighted by Crippen LogP contribution is -2.41. The summed E-state index contributed by atoms with van der Waals surface area (Å²) in [4.78, 5) is 23.5. The largest absolute Gasteiger partial charge is 0.490 e. The number of hydrogen-bond acceptors (Lipinski definition) is 6. The number of nitrogens with one attached hydrogen (secondary N) is 1. The van der Waals surface area contributed by atoms with Crippen molar-refractivity contribution in [1.82, 2.24) is 15.3 Å². The highest BCUT2D eigenvalue weighted by Crippen LogP contribution is 2.25. The zero-order valence-electron chi connectivity index (χ0n) is 18.3. The molecule has 7 heteroatoms. The van der Waals surface area contributed by atoms with Crippen LogP contribution in [0.25, 0.3) is 0 Å². The first-order valence-corrected chi connectivity index (χ1v) is 11.4. The van der Waals surface area contributed by atoms with Gasteiger partial charge in [0.05, 0.1) is 13.2 Å². The molecule has 0 radical (unpaired) electrons. The number of carbonyl (C=O) groups is 1. The highest BCUT2D eigenvalue weighted by Gasteiger charge is 2.26. The zero-order valence-corrected chi connectivity index (χ0v) is 18.3. The van der Waals surface area contributed by atoms with Crippen molar-refractivity contribution in [1.29, 1.82) is 0 Å². The van der Waals surface area contributed by atoms with Crippen molar-refractivity contribution in [2.75, 3.05) is 25.1 Å². The van der Waals surface area contributed by atoms with Crippen LogP contribution < -0.4 is 19.7 Å². The van der Waals surface area contributed by atoms with Crippen molar-refractivity contribution >= 4 is 11.9 Å². The van der Waals surface area contributed by atoms with Gasteiger partial charge in [-0.1, -0.05) is 18.6 Å². The average molecular weight is 425 g/mol. The topological polar surface area (TPSA) is 76.6 Å². The predicted molar refractivity (Wildman–Crippen MR) is 119 cm³/mol. The highest BCUT2D eigenvalue weighted by molar-refractivity contribution is 5.79. The first-order valence-electron chi connectivity index (χ1n) is 11.4. The van der Waals surface area contributed by atoms with Crippen molar-refractivity contribution in [3.63, 3.8) is 0 Å². The Balaban J connectivity index is 1.24. The number of anilines is 1. The van der Waals surface area contributed by atoms with E-state index in [9.17, 15) is 4.79 Å². The fraction of sp³-hybridized carbons (Fsp3) is 0.542. The molecule has 0 unspecified atom stereocenters. The van der Waals surface area contributed by atoms with Gasteiger partial charge < -0.3 is 19.7 Å². The summed E-state index contributed by atoms with van der Waals surface area (Å²) in [5.74, 6) is 2.26. The molecule has 31 heavy (non-hydrogen) atoms. The molecule has 0 spiro atoms. The van der Waals surface area contributed by atoms with Crippen LogP contribution in [0.3, 0.4) is 0 Å². The van der Waals surface area contributed by atoms with Gasteiger partial charge in [-0.3, -0.25) is 4.79 Å². The first kappa shape index (κ1) is 21.4. The normalized spacial score (nSPS) is 17.9. The van der Waals surface area contributed by atoms with Crippen LogP contribution in [0, 0.1) is 5.92 Å². The SMILES string of the molecule is COc1ccnc(N2CCC(C(=O)NCc3cccc(OC4CCCCC4)c3)CC2)n1. The molecule has 0 atom stereocenters. The molecule has 1 saturated heterocycles. The van der Waals surface area contributed by atoms with E-state index in [4.69, 9.17) is 9.47 Å². The molecule has 1 saturated carbocycles.